The molecule has 59 heavy (non-hydrogen) atoms. The lowest BCUT2D eigenvalue weighted by molar-refractivity contribution is -0.146. The highest BCUT2D eigenvalue weighted by Crippen LogP contribution is 2.52. The maximum absolute atomic E-state index is 14.7. The Morgan fingerprint density at radius 1 is 1.10 bits per heavy atom. The lowest BCUT2D eigenvalue weighted by atomic mass is 9.85. The largest absolute Gasteiger partial charge is 0.490 e. The highest BCUT2D eigenvalue weighted by atomic mass is 35.5. The molecule has 1 aromatic carbocycles. The van der Waals surface area contributed by atoms with Gasteiger partial charge in [-0.1, -0.05) is 45.7 Å². The molecule has 3 aliphatic carbocycles. The second kappa shape index (κ2) is 17.8. The number of nitrogens with one attached hydrogen (secondary N) is 3. The van der Waals surface area contributed by atoms with Crippen LogP contribution in [0.3, 0.4) is 0 Å². The van der Waals surface area contributed by atoms with E-state index in [1.165, 1.54) is 11.3 Å². The van der Waals surface area contributed by atoms with Crippen molar-refractivity contribution in [1.29, 1.82) is 0 Å². The number of alkyl carbamates (subject to hydrolysis) is 1. The van der Waals surface area contributed by atoms with Crippen LogP contribution >= 0.6 is 11.6 Å². The molecule has 16 nitrogen and oxygen atoms in total. The number of amides is 3. The minimum Gasteiger partial charge on any atom is -0.490 e. The summed E-state index contributed by atoms with van der Waals surface area (Å²) >= 11 is 6.88. The number of methoxy groups -OCH3 is 1. The van der Waals surface area contributed by atoms with E-state index in [-0.39, 0.29) is 49.1 Å². The fraction of sp³-hybridized carbons (Fsp3) is 0.619. The highest BCUT2D eigenvalue weighted by molar-refractivity contribution is 6.36. The first-order valence-corrected chi connectivity index (χ1v) is 20.8. The van der Waals surface area contributed by atoms with Crippen LogP contribution in [-0.2, 0) is 23.9 Å². The van der Waals surface area contributed by atoms with Gasteiger partial charge in [-0.2, -0.15) is 0 Å². The van der Waals surface area contributed by atoms with Gasteiger partial charge in [-0.15, -0.1) is 0 Å². The Bertz CT molecular complexity index is 1980. The Morgan fingerprint density at radius 3 is 2.46 bits per heavy atom. The molecule has 8 atom stereocenters. The maximum Gasteiger partial charge on any atom is 0.408 e. The second-order valence-electron chi connectivity index (χ2n) is 17.5. The molecular formula is C42H58ClN7O9. The minimum atomic E-state index is -1.43. The number of aromatic nitrogens is 1. The second-order valence-corrected chi connectivity index (χ2v) is 17.9. The molecule has 3 amide bonds. The number of benzene rings is 1. The number of carboxylic acid groups (broad SMARTS) is 1. The number of rotatable bonds is 17. The number of carboxylic acids is 1. The number of hydrogen-bond donors (Lipinski definition) is 5. The molecule has 17 heteroatoms. The van der Waals surface area contributed by atoms with E-state index in [1.54, 1.807) is 37.6 Å². The minimum absolute atomic E-state index is 0.00444. The van der Waals surface area contributed by atoms with Crippen molar-refractivity contribution < 1.29 is 43.2 Å². The Morgan fingerprint density at radius 2 is 1.83 bits per heavy atom. The van der Waals surface area contributed by atoms with Gasteiger partial charge in [0.15, 0.2) is 0 Å². The number of aliphatic carboxylic acids is 1. The number of aliphatic imine (C=N–C) groups is 1. The van der Waals surface area contributed by atoms with E-state index >= 15 is 0 Å². The number of halogens is 1. The summed E-state index contributed by atoms with van der Waals surface area (Å²) in [5.41, 5.74) is 4.18. The molecule has 0 radical (unpaired) electrons. The Kier molecular flexibility index (Phi) is 13.2. The summed E-state index contributed by atoms with van der Waals surface area (Å²) in [7, 11) is 1.57. The third kappa shape index (κ3) is 10.1. The van der Waals surface area contributed by atoms with Gasteiger partial charge in [-0.05, 0) is 80.9 Å². The highest BCUT2D eigenvalue weighted by Gasteiger charge is 2.61. The average molecular weight is 840 g/mol. The van der Waals surface area contributed by atoms with Gasteiger partial charge in [0.25, 0.3) is 0 Å². The van der Waals surface area contributed by atoms with E-state index in [9.17, 15) is 24.3 Å². The van der Waals surface area contributed by atoms with Crippen LogP contribution in [0.2, 0.25) is 5.02 Å². The van der Waals surface area contributed by atoms with E-state index in [4.69, 9.17) is 41.3 Å². The topological polar surface area (TPSA) is 216 Å². The predicted molar refractivity (Wildman–Crippen MR) is 223 cm³/mol. The lowest BCUT2D eigenvalue weighted by Gasteiger charge is -2.35. The van der Waals surface area contributed by atoms with Gasteiger partial charge in [0, 0.05) is 37.2 Å². The van der Waals surface area contributed by atoms with Crippen LogP contribution < -0.4 is 31.2 Å². The first-order chi connectivity index (χ1) is 27.9. The molecule has 6 N–H and O–H groups in total. The van der Waals surface area contributed by atoms with Crippen molar-refractivity contribution in [2.45, 2.75) is 116 Å². The number of hydrogen-bond acceptors (Lipinski definition) is 11. The molecule has 1 saturated heterocycles. The molecule has 1 aromatic heterocycles. The van der Waals surface area contributed by atoms with Crippen molar-refractivity contribution >= 4 is 58.0 Å². The van der Waals surface area contributed by atoms with Crippen molar-refractivity contribution in [2.75, 3.05) is 32.2 Å². The van der Waals surface area contributed by atoms with Crippen LogP contribution in [0.1, 0.15) is 80.1 Å². The van der Waals surface area contributed by atoms with Crippen molar-refractivity contribution in [3.8, 4) is 11.5 Å². The first kappa shape index (κ1) is 43.7. The summed E-state index contributed by atoms with van der Waals surface area (Å²) in [6.45, 7) is 11.7. The summed E-state index contributed by atoms with van der Waals surface area (Å²) in [5.74, 6) is 0.0662. The van der Waals surface area contributed by atoms with E-state index in [2.05, 4.69) is 20.9 Å². The van der Waals surface area contributed by atoms with Gasteiger partial charge < -0.3 is 50.6 Å². The van der Waals surface area contributed by atoms with Crippen molar-refractivity contribution in [1.82, 2.24) is 20.5 Å². The van der Waals surface area contributed by atoms with Crippen LogP contribution in [0.5, 0.6) is 11.5 Å². The van der Waals surface area contributed by atoms with Crippen LogP contribution in [0, 0.1) is 23.2 Å². The molecule has 2 heterocycles. The molecule has 3 saturated carbocycles. The molecule has 0 bridgehead atoms. The normalized spacial score (nSPS) is 26.7. The predicted octanol–water partition coefficient (Wildman–Crippen LogP) is 5.26. The van der Waals surface area contributed by atoms with E-state index < -0.39 is 53.0 Å². The number of carbonyl (C=O) groups is 4. The van der Waals surface area contributed by atoms with Crippen LogP contribution in [0.15, 0.2) is 35.5 Å². The van der Waals surface area contributed by atoms with Gasteiger partial charge in [-0.25, -0.2) is 14.6 Å². The number of ether oxygens (including phenoxy) is 4. The quantitative estimate of drug-likeness (QED) is 0.0784. The number of carbonyl (C=O) groups excluding carboxylic acids is 3. The maximum atomic E-state index is 14.7. The number of likely N-dealkylation sites (tertiary alicyclic amines) is 1. The molecule has 6 rings (SSSR count). The number of anilines is 1. The summed E-state index contributed by atoms with van der Waals surface area (Å²) in [5, 5.41) is 19.6. The molecule has 1 aliphatic heterocycles. The fourth-order valence-electron chi connectivity index (χ4n) is 8.30. The molecule has 1 unspecified atom stereocenters. The Labute approximate surface area is 350 Å². The van der Waals surface area contributed by atoms with Gasteiger partial charge in [-0.3, -0.25) is 14.6 Å². The zero-order valence-electron chi connectivity index (χ0n) is 34.9. The zero-order valence-corrected chi connectivity index (χ0v) is 35.6. The van der Waals surface area contributed by atoms with Crippen LogP contribution in [0.4, 0.5) is 10.6 Å². The zero-order chi connectivity index (χ0) is 42.8. The van der Waals surface area contributed by atoms with Gasteiger partial charge in [0.2, 0.25) is 11.8 Å². The smallest absolute Gasteiger partial charge is 0.408 e. The Hall–Kier alpha value is -4.83. The summed E-state index contributed by atoms with van der Waals surface area (Å²) in [6.07, 6.45) is 5.20. The third-order valence-corrected chi connectivity index (χ3v) is 12.0. The molecule has 322 valence electrons. The molecular weight excluding hydrogens is 782 g/mol. The molecule has 2 aromatic rings. The van der Waals surface area contributed by atoms with Gasteiger partial charge in [0.05, 0.1) is 18.7 Å². The van der Waals surface area contributed by atoms with E-state index in [0.29, 0.717) is 58.9 Å². The number of nitrogens with two attached hydrogens (primary N) is 1. The van der Waals surface area contributed by atoms with E-state index in [1.807, 2.05) is 41.5 Å². The SMILES string of the molecule is CC[C@@H]1C[C@]1(NC(=O)[C@@H]1C[C@@H](Oc2cc(N/C=C\C(N)=NC(C)C)nc3c(Cl)c(OCCOC)ccc23)CN1C(=O)[C@@H](NC(=O)OC1C[C@@H]2C[C@@H]2C1)C(C)(C)C)C(=O)O. The lowest BCUT2D eigenvalue weighted by Crippen LogP contribution is -2.59. The summed E-state index contributed by atoms with van der Waals surface area (Å²) in [6, 6.07) is 2.92. The van der Waals surface area contributed by atoms with E-state index in [0.717, 1.165) is 12.8 Å². The molecule has 4 fully saturated rings. The molecule has 0 spiro atoms. The summed E-state index contributed by atoms with van der Waals surface area (Å²) in [4.78, 5) is 65.1. The molecule has 4 aliphatic rings. The standard InChI is InChI=1S/C42H58ClN7O9/c1-8-25-20-42(25,39(53)54)49-37(51)29-18-27(21-50(29)38(52)36(41(4,5)6)48-40(55)59-26-16-23-15-24(23)17-26)58-31-19-33(45-12-11-32(44)46-22(2)3)47-35-28(31)9-10-30(34(35)43)57-14-13-56-7/h9-12,19,22-27,29,36H,8,13-18,20-21H2,1-7H3,(H2,44,46)(H,45,47)(H,48,55)(H,49,51)(H,53,54)/b12-11-/t23-,24+,25-,26?,27-,29+,36-,42-/m1/s1. The monoisotopic (exact) mass is 839 g/mol. The van der Waals surface area contributed by atoms with Crippen LogP contribution in [0.25, 0.3) is 10.9 Å². The van der Waals surface area contributed by atoms with Gasteiger partial charge in [0.1, 0.15) is 64.6 Å². The number of pyridine rings is 1. The average Bonchev–Trinajstić information content (AvgIpc) is 3.97. The van der Waals surface area contributed by atoms with Crippen molar-refractivity contribution in [2.24, 2.45) is 33.9 Å². The fourth-order valence-corrected chi connectivity index (χ4v) is 8.56. The Balaban J connectivity index is 1.31. The summed E-state index contributed by atoms with van der Waals surface area (Å²) < 4.78 is 23.4. The third-order valence-electron chi connectivity index (χ3n) is 11.6. The van der Waals surface area contributed by atoms with Crippen LogP contribution in [-0.4, -0.2) is 107 Å². The van der Waals surface area contributed by atoms with Crippen molar-refractivity contribution in [3.63, 3.8) is 0 Å². The number of fused-ring (bicyclic) bond motifs is 2. The van der Waals surface area contributed by atoms with Gasteiger partial charge >= 0.3 is 12.1 Å². The number of amidine groups is 1. The van der Waals surface area contributed by atoms with Crippen molar-refractivity contribution in [3.05, 3.63) is 35.5 Å². The first-order valence-electron chi connectivity index (χ1n) is 20.4. The number of nitrogens with zero attached hydrogens (tertiary/aromatic N) is 3.